The third kappa shape index (κ3) is 2.62. The molecule has 0 radical (unpaired) electrons. The van der Waals surface area contributed by atoms with Crippen molar-refractivity contribution in [1.29, 1.82) is 0 Å². The summed E-state index contributed by atoms with van der Waals surface area (Å²) < 4.78 is 10.9. The van der Waals surface area contributed by atoms with Crippen molar-refractivity contribution < 1.29 is 14.3 Å². The Morgan fingerprint density at radius 2 is 2.17 bits per heavy atom. The van der Waals surface area contributed by atoms with Crippen LogP contribution in [0.15, 0.2) is 24.5 Å². The molecule has 0 aromatic carbocycles. The molecule has 120 valence electrons. The summed E-state index contributed by atoms with van der Waals surface area (Å²) in [6.07, 6.45) is 6.69. The van der Waals surface area contributed by atoms with Crippen molar-refractivity contribution in [1.82, 2.24) is 20.1 Å². The number of aromatic nitrogens is 3. The van der Waals surface area contributed by atoms with Gasteiger partial charge in [-0.3, -0.25) is 9.89 Å². The summed E-state index contributed by atoms with van der Waals surface area (Å²) in [7, 11) is 0. The molecule has 1 N–H and O–H groups in total. The molecule has 7 nitrogen and oxygen atoms in total. The quantitative estimate of drug-likeness (QED) is 0.916. The average Bonchev–Trinajstić information content (AvgIpc) is 3.15. The second kappa shape index (κ2) is 5.91. The van der Waals surface area contributed by atoms with Gasteiger partial charge in [-0.25, -0.2) is 4.98 Å². The first-order chi connectivity index (χ1) is 11.3. The number of rotatable bonds is 2. The van der Waals surface area contributed by atoms with Crippen molar-refractivity contribution in [2.24, 2.45) is 0 Å². The number of nitrogens with zero attached hydrogens (tertiary/aromatic N) is 3. The van der Waals surface area contributed by atoms with E-state index in [1.54, 1.807) is 18.3 Å². The smallest absolute Gasteiger partial charge is 0.273 e. The third-order valence-corrected chi connectivity index (χ3v) is 4.29. The summed E-state index contributed by atoms with van der Waals surface area (Å²) in [5.41, 5.74) is 1.43. The van der Waals surface area contributed by atoms with Crippen molar-refractivity contribution in [3.63, 3.8) is 0 Å². The Bertz CT molecular complexity index is 701. The standard InChI is InChI=1S/C16H18N4O3/c21-16(12-4-5-14-15(19-12)23-8-7-22-14)20-6-2-1-3-13(20)11-9-17-18-10-11/h4-5,9-10,13H,1-3,6-8H2,(H,17,18)/t13-/m1/s1. The van der Waals surface area contributed by atoms with E-state index in [1.807, 2.05) is 11.1 Å². The van der Waals surface area contributed by atoms with Crippen LogP contribution in [-0.2, 0) is 0 Å². The highest BCUT2D eigenvalue weighted by Crippen LogP contribution is 2.33. The van der Waals surface area contributed by atoms with Crippen molar-refractivity contribution in [2.45, 2.75) is 25.3 Å². The lowest BCUT2D eigenvalue weighted by Gasteiger charge is -2.35. The van der Waals surface area contributed by atoms with Gasteiger partial charge in [0.25, 0.3) is 11.8 Å². The molecule has 2 aromatic rings. The minimum Gasteiger partial charge on any atom is -0.484 e. The number of amides is 1. The van der Waals surface area contributed by atoms with Crippen molar-refractivity contribution in [3.8, 4) is 11.6 Å². The van der Waals surface area contributed by atoms with Gasteiger partial charge >= 0.3 is 0 Å². The van der Waals surface area contributed by atoms with E-state index in [1.165, 1.54) is 0 Å². The Hall–Kier alpha value is -2.57. The maximum Gasteiger partial charge on any atom is 0.273 e. The molecule has 0 unspecified atom stereocenters. The molecule has 1 saturated heterocycles. The fraction of sp³-hybridized carbons (Fsp3) is 0.438. The van der Waals surface area contributed by atoms with Gasteiger partial charge in [-0.1, -0.05) is 0 Å². The summed E-state index contributed by atoms with van der Waals surface area (Å²) in [6.45, 7) is 1.69. The molecule has 4 rings (SSSR count). The normalized spacial score (nSPS) is 20.3. The van der Waals surface area contributed by atoms with E-state index in [2.05, 4.69) is 15.2 Å². The van der Waals surface area contributed by atoms with Crippen LogP contribution in [0, 0.1) is 0 Å². The van der Waals surface area contributed by atoms with Gasteiger partial charge in [0, 0.05) is 18.3 Å². The molecular formula is C16H18N4O3. The van der Waals surface area contributed by atoms with Gasteiger partial charge in [-0.05, 0) is 31.4 Å². The molecule has 7 heteroatoms. The number of hydrogen-bond donors (Lipinski definition) is 1. The maximum atomic E-state index is 12.9. The molecule has 0 spiro atoms. The number of H-pyrrole nitrogens is 1. The Kier molecular flexibility index (Phi) is 3.61. The lowest BCUT2D eigenvalue weighted by Crippen LogP contribution is -2.38. The van der Waals surface area contributed by atoms with Crippen LogP contribution in [0.4, 0.5) is 0 Å². The van der Waals surface area contributed by atoms with Gasteiger partial charge in [-0.15, -0.1) is 0 Å². The summed E-state index contributed by atoms with van der Waals surface area (Å²) in [5, 5.41) is 6.83. The van der Waals surface area contributed by atoms with E-state index < -0.39 is 0 Å². The molecule has 2 aliphatic rings. The van der Waals surface area contributed by atoms with E-state index in [0.717, 1.165) is 31.4 Å². The highest BCUT2D eigenvalue weighted by molar-refractivity contribution is 5.93. The number of pyridine rings is 1. The summed E-state index contributed by atoms with van der Waals surface area (Å²) in [6, 6.07) is 3.51. The van der Waals surface area contributed by atoms with E-state index in [0.29, 0.717) is 30.5 Å². The van der Waals surface area contributed by atoms with E-state index >= 15 is 0 Å². The lowest BCUT2D eigenvalue weighted by molar-refractivity contribution is 0.0603. The molecule has 0 bridgehead atoms. The number of nitrogens with one attached hydrogen (secondary N) is 1. The minimum atomic E-state index is -0.0760. The monoisotopic (exact) mass is 314 g/mol. The van der Waals surface area contributed by atoms with Crippen molar-refractivity contribution >= 4 is 5.91 Å². The van der Waals surface area contributed by atoms with E-state index in [9.17, 15) is 4.79 Å². The van der Waals surface area contributed by atoms with Crippen molar-refractivity contribution in [3.05, 3.63) is 35.8 Å². The topological polar surface area (TPSA) is 80.3 Å². The summed E-state index contributed by atoms with van der Waals surface area (Å²) in [4.78, 5) is 19.2. The number of aromatic amines is 1. The number of carbonyl (C=O) groups excluding carboxylic acids is 1. The first kappa shape index (κ1) is 14.0. The lowest BCUT2D eigenvalue weighted by atomic mass is 9.97. The van der Waals surface area contributed by atoms with Crippen LogP contribution in [0.3, 0.4) is 0 Å². The van der Waals surface area contributed by atoms with Gasteiger partial charge in [0.1, 0.15) is 18.9 Å². The average molecular weight is 314 g/mol. The van der Waals surface area contributed by atoms with Gasteiger partial charge in [-0.2, -0.15) is 5.10 Å². The van der Waals surface area contributed by atoms with Crippen LogP contribution in [0.2, 0.25) is 0 Å². The fourth-order valence-corrected chi connectivity index (χ4v) is 3.16. The number of ether oxygens (including phenoxy) is 2. The van der Waals surface area contributed by atoms with Crippen molar-refractivity contribution in [2.75, 3.05) is 19.8 Å². The molecule has 1 atom stereocenters. The molecule has 1 amide bonds. The zero-order chi connectivity index (χ0) is 15.6. The van der Waals surface area contributed by atoms with Crippen LogP contribution in [0.25, 0.3) is 0 Å². The summed E-state index contributed by atoms with van der Waals surface area (Å²) in [5.74, 6) is 0.921. The Morgan fingerprint density at radius 1 is 1.26 bits per heavy atom. The number of fused-ring (bicyclic) bond motifs is 1. The predicted molar refractivity (Wildman–Crippen MR) is 81.4 cm³/mol. The maximum absolute atomic E-state index is 12.9. The molecule has 2 aliphatic heterocycles. The van der Waals surface area contributed by atoms with Crippen LogP contribution < -0.4 is 9.47 Å². The highest BCUT2D eigenvalue weighted by atomic mass is 16.6. The molecule has 2 aromatic heterocycles. The van der Waals surface area contributed by atoms with Gasteiger partial charge in [0.2, 0.25) is 0 Å². The predicted octanol–water partition coefficient (Wildman–Crippen LogP) is 1.94. The Balaban J connectivity index is 1.62. The second-order valence-electron chi connectivity index (χ2n) is 5.74. The summed E-state index contributed by atoms with van der Waals surface area (Å²) >= 11 is 0. The molecule has 4 heterocycles. The molecule has 0 saturated carbocycles. The first-order valence-corrected chi connectivity index (χ1v) is 7.89. The van der Waals surface area contributed by atoms with Crippen LogP contribution in [0.5, 0.6) is 11.6 Å². The zero-order valence-electron chi connectivity index (χ0n) is 12.7. The zero-order valence-corrected chi connectivity index (χ0v) is 12.7. The SMILES string of the molecule is O=C(c1ccc2c(n1)OCCO2)N1CCCC[C@@H]1c1cn[nH]c1. The Labute approximate surface area is 133 Å². The molecular weight excluding hydrogens is 296 g/mol. The number of carbonyl (C=O) groups is 1. The third-order valence-electron chi connectivity index (χ3n) is 4.29. The molecule has 0 aliphatic carbocycles. The van der Waals surface area contributed by atoms with Crippen LogP contribution in [-0.4, -0.2) is 45.7 Å². The molecule has 23 heavy (non-hydrogen) atoms. The van der Waals surface area contributed by atoms with E-state index in [4.69, 9.17) is 9.47 Å². The van der Waals surface area contributed by atoms with Gasteiger partial charge in [0.15, 0.2) is 5.75 Å². The molecule has 1 fully saturated rings. The Morgan fingerprint density at radius 3 is 3.04 bits per heavy atom. The van der Waals surface area contributed by atoms with Crippen LogP contribution >= 0.6 is 0 Å². The number of likely N-dealkylation sites (tertiary alicyclic amines) is 1. The van der Waals surface area contributed by atoms with Crippen LogP contribution in [0.1, 0.15) is 41.4 Å². The van der Waals surface area contributed by atoms with Gasteiger partial charge < -0.3 is 14.4 Å². The fourth-order valence-electron chi connectivity index (χ4n) is 3.16. The first-order valence-electron chi connectivity index (χ1n) is 7.89. The second-order valence-corrected chi connectivity index (χ2v) is 5.74. The van der Waals surface area contributed by atoms with E-state index in [-0.39, 0.29) is 11.9 Å². The highest BCUT2D eigenvalue weighted by Gasteiger charge is 2.30. The minimum absolute atomic E-state index is 0.0463. The number of piperidine rings is 1. The van der Waals surface area contributed by atoms with Gasteiger partial charge in [0.05, 0.1) is 12.2 Å². The number of hydrogen-bond acceptors (Lipinski definition) is 5. The largest absolute Gasteiger partial charge is 0.484 e.